The van der Waals surface area contributed by atoms with Crippen LogP contribution in [0.25, 0.3) is 0 Å². The Kier molecular flexibility index (Phi) is 5.55. The summed E-state index contributed by atoms with van der Waals surface area (Å²) in [7, 11) is 0. The van der Waals surface area contributed by atoms with Crippen molar-refractivity contribution in [1.82, 2.24) is 0 Å². The molecule has 2 atom stereocenters. The Bertz CT molecular complexity index is 378. The Labute approximate surface area is 118 Å². The average Bonchev–Trinajstić information content (AvgIpc) is 2.87. The van der Waals surface area contributed by atoms with E-state index >= 15 is 0 Å². The van der Waals surface area contributed by atoms with Gasteiger partial charge in [0.05, 0.1) is 23.2 Å². The summed E-state index contributed by atoms with van der Waals surface area (Å²) < 4.78 is 11.5. The van der Waals surface area contributed by atoms with Crippen LogP contribution in [-0.4, -0.2) is 30.7 Å². The zero-order valence-corrected chi connectivity index (χ0v) is 12.4. The van der Waals surface area contributed by atoms with Gasteiger partial charge in [-0.3, -0.25) is 4.79 Å². The van der Waals surface area contributed by atoms with Gasteiger partial charge in [-0.25, -0.2) is 0 Å². The van der Waals surface area contributed by atoms with Gasteiger partial charge < -0.3 is 9.47 Å². The normalized spacial score (nSPS) is 27.4. The first-order chi connectivity index (χ1) is 9.15. The Morgan fingerprint density at radius 1 is 1.42 bits per heavy atom. The fourth-order valence-corrected chi connectivity index (χ4v) is 3.22. The highest BCUT2D eigenvalue weighted by molar-refractivity contribution is 7.12. The van der Waals surface area contributed by atoms with Crippen molar-refractivity contribution in [3.63, 3.8) is 0 Å². The lowest BCUT2D eigenvalue weighted by atomic mass is 10.0. The van der Waals surface area contributed by atoms with E-state index in [4.69, 9.17) is 9.47 Å². The van der Waals surface area contributed by atoms with Gasteiger partial charge in [0.2, 0.25) is 0 Å². The molecular formula is C15H22O3S. The van der Waals surface area contributed by atoms with Crippen molar-refractivity contribution >= 4 is 17.1 Å². The van der Waals surface area contributed by atoms with Crippen LogP contribution in [0, 0.1) is 0 Å². The molecule has 0 bridgehead atoms. The first kappa shape index (κ1) is 14.7. The van der Waals surface area contributed by atoms with Crippen molar-refractivity contribution in [2.75, 3.05) is 6.61 Å². The Morgan fingerprint density at radius 3 is 2.79 bits per heavy atom. The summed E-state index contributed by atoms with van der Waals surface area (Å²) in [5, 5.41) is 1.94. The third kappa shape index (κ3) is 4.71. The third-order valence-electron chi connectivity index (χ3n) is 3.35. The fourth-order valence-electron chi connectivity index (χ4n) is 2.52. The number of thiophene rings is 1. The van der Waals surface area contributed by atoms with Gasteiger partial charge in [0.25, 0.3) is 0 Å². The zero-order valence-electron chi connectivity index (χ0n) is 11.6. The van der Waals surface area contributed by atoms with Gasteiger partial charge in [-0.1, -0.05) is 6.07 Å². The summed E-state index contributed by atoms with van der Waals surface area (Å²) in [6.07, 6.45) is 4.15. The smallest absolute Gasteiger partial charge is 0.172 e. The molecule has 1 aromatic heterocycles. The maximum Gasteiger partial charge on any atom is 0.172 e. The molecule has 2 rings (SSSR count). The molecule has 0 aromatic carbocycles. The minimum Gasteiger partial charge on any atom is -0.378 e. The molecule has 4 heteroatoms. The third-order valence-corrected chi connectivity index (χ3v) is 4.26. The predicted octanol–water partition coefficient (Wildman–Crippen LogP) is 3.68. The van der Waals surface area contributed by atoms with Crippen LogP contribution < -0.4 is 0 Å². The standard InChI is InChI=1S/C15H22O3S/c1-11-9-13(10-12(2)18-11)17-7-3-5-14(16)15-6-4-8-19-15/h4,6,8,11-13H,3,5,7,9-10H2,1-2H3. The van der Waals surface area contributed by atoms with Gasteiger partial charge in [-0.15, -0.1) is 11.3 Å². The fraction of sp³-hybridized carbons (Fsp3) is 0.667. The van der Waals surface area contributed by atoms with Gasteiger partial charge in [0.15, 0.2) is 5.78 Å². The van der Waals surface area contributed by atoms with E-state index < -0.39 is 0 Å². The highest BCUT2D eigenvalue weighted by Gasteiger charge is 2.24. The van der Waals surface area contributed by atoms with E-state index in [-0.39, 0.29) is 24.1 Å². The molecule has 0 saturated carbocycles. The van der Waals surface area contributed by atoms with E-state index in [0.717, 1.165) is 24.1 Å². The van der Waals surface area contributed by atoms with Crippen LogP contribution in [0.15, 0.2) is 17.5 Å². The monoisotopic (exact) mass is 282 g/mol. The number of ketones is 1. The van der Waals surface area contributed by atoms with E-state index in [2.05, 4.69) is 13.8 Å². The summed E-state index contributed by atoms with van der Waals surface area (Å²) in [5.74, 6) is 0.229. The zero-order chi connectivity index (χ0) is 13.7. The van der Waals surface area contributed by atoms with Crippen LogP contribution in [-0.2, 0) is 9.47 Å². The van der Waals surface area contributed by atoms with Crippen LogP contribution in [0.2, 0.25) is 0 Å². The van der Waals surface area contributed by atoms with E-state index in [1.54, 1.807) is 0 Å². The van der Waals surface area contributed by atoms with Gasteiger partial charge in [0, 0.05) is 13.0 Å². The van der Waals surface area contributed by atoms with Crippen molar-refractivity contribution in [1.29, 1.82) is 0 Å². The molecule has 2 unspecified atom stereocenters. The lowest BCUT2D eigenvalue weighted by molar-refractivity contribution is -0.102. The number of hydrogen-bond acceptors (Lipinski definition) is 4. The Morgan fingerprint density at radius 2 is 2.16 bits per heavy atom. The minimum absolute atomic E-state index is 0.229. The first-order valence-corrected chi connectivity index (χ1v) is 7.87. The van der Waals surface area contributed by atoms with E-state index in [9.17, 15) is 4.79 Å². The predicted molar refractivity (Wildman–Crippen MR) is 76.9 cm³/mol. The first-order valence-electron chi connectivity index (χ1n) is 6.99. The number of carbonyl (C=O) groups excluding carboxylic acids is 1. The molecule has 1 aliphatic heterocycles. The van der Waals surface area contributed by atoms with Crippen LogP contribution in [0.5, 0.6) is 0 Å². The number of Topliss-reactive ketones (excluding diaryl/α,β-unsaturated/α-hetero) is 1. The van der Waals surface area contributed by atoms with Gasteiger partial charge in [0.1, 0.15) is 0 Å². The summed E-state index contributed by atoms with van der Waals surface area (Å²) in [6, 6.07) is 3.80. The molecule has 0 amide bonds. The van der Waals surface area contributed by atoms with E-state index in [0.29, 0.717) is 13.0 Å². The van der Waals surface area contributed by atoms with Gasteiger partial charge in [-0.2, -0.15) is 0 Å². The molecule has 1 saturated heterocycles. The van der Waals surface area contributed by atoms with Crippen LogP contribution in [0.4, 0.5) is 0 Å². The van der Waals surface area contributed by atoms with Gasteiger partial charge in [-0.05, 0) is 44.6 Å². The van der Waals surface area contributed by atoms with Crippen molar-refractivity contribution < 1.29 is 14.3 Å². The molecule has 0 N–H and O–H groups in total. The lowest BCUT2D eigenvalue weighted by Gasteiger charge is -2.31. The number of hydrogen-bond donors (Lipinski definition) is 0. The average molecular weight is 282 g/mol. The maximum absolute atomic E-state index is 11.8. The molecule has 1 fully saturated rings. The number of rotatable bonds is 6. The highest BCUT2D eigenvalue weighted by Crippen LogP contribution is 2.22. The molecule has 0 aliphatic carbocycles. The molecule has 2 heterocycles. The second kappa shape index (κ2) is 7.17. The maximum atomic E-state index is 11.8. The molecule has 0 radical (unpaired) electrons. The van der Waals surface area contributed by atoms with E-state index in [1.807, 2.05) is 17.5 Å². The Hall–Kier alpha value is -0.710. The van der Waals surface area contributed by atoms with Crippen LogP contribution in [0.3, 0.4) is 0 Å². The summed E-state index contributed by atoms with van der Waals surface area (Å²) >= 11 is 1.51. The summed E-state index contributed by atoms with van der Waals surface area (Å²) in [5.41, 5.74) is 0. The van der Waals surface area contributed by atoms with Crippen molar-refractivity contribution in [2.24, 2.45) is 0 Å². The highest BCUT2D eigenvalue weighted by atomic mass is 32.1. The quantitative estimate of drug-likeness (QED) is 0.590. The van der Waals surface area contributed by atoms with Crippen molar-refractivity contribution in [3.05, 3.63) is 22.4 Å². The molecule has 0 spiro atoms. The molecular weight excluding hydrogens is 260 g/mol. The summed E-state index contributed by atoms with van der Waals surface area (Å²) in [4.78, 5) is 12.7. The second-order valence-corrected chi connectivity index (χ2v) is 6.17. The van der Waals surface area contributed by atoms with Crippen LogP contribution >= 0.6 is 11.3 Å². The van der Waals surface area contributed by atoms with Crippen molar-refractivity contribution in [3.8, 4) is 0 Å². The Balaban J connectivity index is 1.63. The van der Waals surface area contributed by atoms with Crippen LogP contribution in [0.1, 0.15) is 49.2 Å². The molecule has 1 aromatic rings. The van der Waals surface area contributed by atoms with Crippen molar-refractivity contribution in [2.45, 2.75) is 57.8 Å². The molecule has 106 valence electrons. The lowest BCUT2D eigenvalue weighted by Crippen LogP contribution is -2.34. The molecule has 1 aliphatic rings. The van der Waals surface area contributed by atoms with E-state index in [1.165, 1.54) is 11.3 Å². The number of carbonyl (C=O) groups is 1. The largest absolute Gasteiger partial charge is 0.378 e. The number of ether oxygens (including phenoxy) is 2. The molecule has 3 nitrogen and oxygen atoms in total. The summed E-state index contributed by atoms with van der Waals surface area (Å²) in [6.45, 7) is 4.85. The minimum atomic E-state index is 0.229. The second-order valence-electron chi connectivity index (χ2n) is 5.23. The van der Waals surface area contributed by atoms with Gasteiger partial charge >= 0.3 is 0 Å². The topological polar surface area (TPSA) is 35.5 Å². The molecule has 19 heavy (non-hydrogen) atoms. The SMILES string of the molecule is CC1CC(OCCCC(=O)c2cccs2)CC(C)O1.